The van der Waals surface area contributed by atoms with Crippen molar-refractivity contribution < 1.29 is 9.53 Å². The first-order valence-electron chi connectivity index (χ1n) is 12.2. The lowest BCUT2D eigenvalue weighted by molar-refractivity contribution is -0.121. The average molecular weight is 421 g/mol. The fraction of sp³-hybridized carbons (Fsp3) is 0.552. The maximum absolute atomic E-state index is 12.2. The van der Waals surface area contributed by atoms with Crippen molar-refractivity contribution in [2.75, 3.05) is 0 Å². The van der Waals surface area contributed by atoms with Gasteiger partial charge < -0.3 is 4.74 Å². The van der Waals surface area contributed by atoms with Gasteiger partial charge in [-0.25, -0.2) is 0 Å². The summed E-state index contributed by atoms with van der Waals surface area (Å²) in [5, 5.41) is 0. The molecule has 0 unspecified atom stereocenters. The van der Waals surface area contributed by atoms with E-state index in [2.05, 4.69) is 70.2 Å². The summed E-state index contributed by atoms with van der Waals surface area (Å²) in [6, 6.07) is 17.2. The lowest BCUT2D eigenvalue weighted by atomic mass is 9.74. The van der Waals surface area contributed by atoms with Gasteiger partial charge in [0.15, 0.2) is 0 Å². The van der Waals surface area contributed by atoms with Crippen molar-refractivity contribution in [3.8, 4) is 5.75 Å². The fourth-order valence-corrected chi connectivity index (χ4v) is 4.81. The topological polar surface area (TPSA) is 26.3 Å². The van der Waals surface area contributed by atoms with Crippen LogP contribution in [0.15, 0.2) is 48.5 Å². The number of unbranched alkanes of at least 4 members (excludes halogenated alkanes) is 3. The van der Waals surface area contributed by atoms with E-state index in [0.29, 0.717) is 24.7 Å². The molecule has 1 fully saturated rings. The highest BCUT2D eigenvalue weighted by Gasteiger charge is 2.31. The first-order chi connectivity index (χ1) is 14.9. The van der Waals surface area contributed by atoms with Crippen molar-refractivity contribution in [3.63, 3.8) is 0 Å². The molecule has 2 atom stereocenters. The van der Waals surface area contributed by atoms with E-state index in [0.717, 1.165) is 18.6 Å². The van der Waals surface area contributed by atoms with Gasteiger partial charge in [0.25, 0.3) is 0 Å². The Balaban J connectivity index is 1.86. The zero-order valence-corrected chi connectivity index (χ0v) is 20.0. The monoisotopic (exact) mass is 420 g/mol. The van der Waals surface area contributed by atoms with Crippen LogP contribution in [0.3, 0.4) is 0 Å². The second-order valence-corrected chi connectivity index (χ2v) is 10.1. The van der Waals surface area contributed by atoms with E-state index in [4.69, 9.17) is 4.74 Å². The predicted molar refractivity (Wildman–Crippen MR) is 130 cm³/mol. The van der Waals surface area contributed by atoms with Gasteiger partial charge in [-0.15, -0.1) is 0 Å². The van der Waals surface area contributed by atoms with Crippen molar-refractivity contribution in [2.45, 2.75) is 97.0 Å². The molecule has 2 heteroatoms. The standard InChI is InChI=1S/C29H40O2/c1-5-6-7-11-18-29(3,4)24-15-17-26(27-20-25(30)16-14-22(27)2)28(19-24)31-21-23-12-9-8-10-13-23/h8-10,12-13,15,17,19,22,27H,5-7,11,14,16,18,20-21H2,1-4H3/t22-,27-/m0/s1. The highest BCUT2D eigenvalue weighted by Crippen LogP contribution is 2.42. The summed E-state index contributed by atoms with van der Waals surface area (Å²) < 4.78 is 6.43. The van der Waals surface area contributed by atoms with Crippen LogP contribution in [0.2, 0.25) is 0 Å². The molecule has 2 aromatic rings. The van der Waals surface area contributed by atoms with Gasteiger partial charge in [0, 0.05) is 12.8 Å². The number of carbonyl (C=O) groups excluding carboxylic acids is 1. The Morgan fingerprint density at radius 3 is 2.55 bits per heavy atom. The molecular weight excluding hydrogens is 380 g/mol. The molecule has 168 valence electrons. The molecule has 0 saturated heterocycles. The van der Waals surface area contributed by atoms with E-state index in [9.17, 15) is 4.79 Å². The summed E-state index contributed by atoms with van der Waals surface area (Å²) in [6.45, 7) is 9.80. The van der Waals surface area contributed by atoms with Gasteiger partial charge in [-0.3, -0.25) is 4.79 Å². The molecule has 0 aliphatic heterocycles. The normalized spacial score (nSPS) is 19.4. The lowest BCUT2D eigenvalue weighted by Crippen LogP contribution is -2.23. The highest BCUT2D eigenvalue weighted by atomic mass is 16.5. The third kappa shape index (κ3) is 6.45. The summed E-state index contributed by atoms with van der Waals surface area (Å²) in [4.78, 5) is 12.2. The van der Waals surface area contributed by atoms with Gasteiger partial charge in [-0.05, 0) is 52.8 Å². The molecule has 2 aromatic carbocycles. The molecule has 0 radical (unpaired) electrons. The highest BCUT2D eigenvalue weighted by molar-refractivity contribution is 5.80. The van der Waals surface area contributed by atoms with Crippen molar-refractivity contribution in [3.05, 3.63) is 65.2 Å². The average Bonchev–Trinajstić information content (AvgIpc) is 2.77. The number of ether oxygens (including phenoxy) is 1. The summed E-state index contributed by atoms with van der Waals surface area (Å²) in [6.07, 6.45) is 8.67. The van der Waals surface area contributed by atoms with Crippen LogP contribution in [0.4, 0.5) is 0 Å². The Morgan fingerprint density at radius 2 is 1.81 bits per heavy atom. The van der Waals surface area contributed by atoms with Crippen molar-refractivity contribution in [1.82, 2.24) is 0 Å². The lowest BCUT2D eigenvalue weighted by Gasteiger charge is -2.31. The zero-order valence-electron chi connectivity index (χ0n) is 20.0. The minimum absolute atomic E-state index is 0.116. The summed E-state index contributed by atoms with van der Waals surface area (Å²) in [7, 11) is 0. The predicted octanol–water partition coefficient (Wildman–Crippen LogP) is 7.99. The second kappa shape index (κ2) is 11.0. The van der Waals surface area contributed by atoms with E-state index in [-0.39, 0.29) is 11.3 Å². The van der Waals surface area contributed by atoms with Crippen LogP contribution in [0, 0.1) is 5.92 Å². The molecule has 0 heterocycles. The minimum atomic E-state index is 0.116. The largest absolute Gasteiger partial charge is 0.489 e. The van der Waals surface area contributed by atoms with E-state index < -0.39 is 0 Å². The van der Waals surface area contributed by atoms with Crippen molar-refractivity contribution >= 4 is 5.78 Å². The molecule has 0 spiro atoms. The van der Waals surface area contributed by atoms with Crippen LogP contribution in [0.25, 0.3) is 0 Å². The molecule has 3 rings (SSSR count). The smallest absolute Gasteiger partial charge is 0.133 e. The molecule has 31 heavy (non-hydrogen) atoms. The third-order valence-corrected chi connectivity index (χ3v) is 7.10. The van der Waals surface area contributed by atoms with Crippen LogP contribution < -0.4 is 4.74 Å². The van der Waals surface area contributed by atoms with E-state index in [1.165, 1.54) is 48.8 Å². The molecule has 0 aromatic heterocycles. The number of ketones is 1. The maximum atomic E-state index is 12.2. The summed E-state index contributed by atoms with van der Waals surface area (Å²) >= 11 is 0. The number of rotatable bonds is 10. The van der Waals surface area contributed by atoms with Crippen molar-refractivity contribution in [1.29, 1.82) is 0 Å². The SMILES string of the molecule is CCCCCCC(C)(C)c1ccc([C@H]2CC(=O)CC[C@@H]2C)c(OCc2ccccc2)c1. The summed E-state index contributed by atoms with van der Waals surface area (Å²) in [5.41, 5.74) is 3.84. The fourth-order valence-electron chi connectivity index (χ4n) is 4.81. The quantitative estimate of drug-likeness (QED) is 0.364. The van der Waals surface area contributed by atoms with Crippen LogP contribution in [0.1, 0.15) is 102 Å². The third-order valence-electron chi connectivity index (χ3n) is 7.10. The number of hydrogen-bond acceptors (Lipinski definition) is 2. The molecular formula is C29H40O2. The number of benzene rings is 2. The molecule has 1 aliphatic rings. The zero-order chi connectivity index (χ0) is 22.3. The first kappa shape index (κ1) is 23.6. The Labute approximate surface area is 189 Å². The maximum Gasteiger partial charge on any atom is 0.133 e. The molecule has 0 amide bonds. The van der Waals surface area contributed by atoms with E-state index >= 15 is 0 Å². The molecule has 0 N–H and O–H groups in total. The van der Waals surface area contributed by atoms with Crippen LogP contribution in [0.5, 0.6) is 5.75 Å². The molecule has 1 aliphatic carbocycles. The molecule has 1 saturated carbocycles. The van der Waals surface area contributed by atoms with Crippen molar-refractivity contribution in [2.24, 2.45) is 5.92 Å². The Bertz CT molecular complexity index is 837. The number of Topliss-reactive ketones (excluding diaryl/α,β-unsaturated/α-hetero) is 1. The molecule has 2 nitrogen and oxygen atoms in total. The van der Waals surface area contributed by atoms with Gasteiger partial charge in [0.2, 0.25) is 0 Å². The number of hydrogen-bond donors (Lipinski definition) is 0. The van der Waals surface area contributed by atoms with E-state index in [1.54, 1.807) is 0 Å². The first-order valence-corrected chi connectivity index (χ1v) is 12.2. The summed E-state index contributed by atoms with van der Waals surface area (Å²) in [5.74, 6) is 2.12. The minimum Gasteiger partial charge on any atom is -0.489 e. The Hall–Kier alpha value is -2.09. The van der Waals surface area contributed by atoms with E-state index in [1.807, 2.05) is 6.07 Å². The molecule has 0 bridgehead atoms. The van der Waals surface area contributed by atoms with Gasteiger partial charge >= 0.3 is 0 Å². The van der Waals surface area contributed by atoms with Gasteiger partial charge in [0.1, 0.15) is 18.1 Å². The van der Waals surface area contributed by atoms with Crippen LogP contribution >= 0.6 is 0 Å². The van der Waals surface area contributed by atoms with Gasteiger partial charge in [-0.1, -0.05) is 95.8 Å². The van der Waals surface area contributed by atoms with Crippen LogP contribution in [-0.2, 0) is 16.8 Å². The van der Waals surface area contributed by atoms with Crippen LogP contribution in [-0.4, -0.2) is 5.78 Å². The second-order valence-electron chi connectivity index (χ2n) is 10.1. The number of carbonyl (C=O) groups is 1. The Morgan fingerprint density at radius 1 is 1.03 bits per heavy atom. The van der Waals surface area contributed by atoms with Gasteiger partial charge in [-0.2, -0.15) is 0 Å². The van der Waals surface area contributed by atoms with Gasteiger partial charge in [0.05, 0.1) is 0 Å². The Kier molecular flexibility index (Phi) is 8.35.